The molecule has 0 saturated carbocycles. The van der Waals surface area contributed by atoms with E-state index in [1.165, 1.54) is 0 Å². The van der Waals surface area contributed by atoms with Crippen molar-refractivity contribution in [3.63, 3.8) is 0 Å². The highest BCUT2D eigenvalue weighted by Crippen LogP contribution is 2.02. The summed E-state index contributed by atoms with van der Waals surface area (Å²) in [4.78, 5) is 14.5. The molecule has 0 saturated heterocycles. The molecule has 0 aliphatic rings. The third-order valence-corrected chi connectivity index (χ3v) is 2.35. The molecule has 0 aliphatic heterocycles. The molecule has 0 aromatic carbocycles. The Hall–Kier alpha value is -1.98. The van der Waals surface area contributed by atoms with Crippen molar-refractivity contribution in [3.8, 4) is 0 Å². The molecular formula is C9H11N5O. The maximum atomic E-state index is 10.6. The quantitative estimate of drug-likeness (QED) is 0.670. The Labute approximate surface area is 86.6 Å². The number of hydrogen-bond donors (Lipinski definition) is 0. The van der Waals surface area contributed by atoms with Gasteiger partial charge in [-0.3, -0.25) is 4.79 Å². The molecule has 0 spiro atoms. The summed E-state index contributed by atoms with van der Waals surface area (Å²) in [7, 11) is 1.89. The van der Waals surface area contributed by atoms with Crippen molar-refractivity contribution in [1.82, 2.24) is 24.3 Å². The van der Waals surface area contributed by atoms with Gasteiger partial charge in [0.2, 0.25) is 0 Å². The van der Waals surface area contributed by atoms with Crippen LogP contribution in [0.3, 0.4) is 0 Å². The Morgan fingerprint density at radius 2 is 2.27 bits per heavy atom. The Balaban J connectivity index is 2.29. The lowest BCUT2D eigenvalue weighted by molar-refractivity contribution is 0.111. The van der Waals surface area contributed by atoms with E-state index in [0.29, 0.717) is 12.4 Å². The van der Waals surface area contributed by atoms with Gasteiger partial charge in [0.25, 0.3) is 0 Å². The van der Waals surface area contributed by atoms with Crippen molar-refractivity contribution >= 4 is 6.29 Å². The van der Waals surface area contributed by atoms with Crippen LogP contribution in [0.15, 0.2) is 12.4 Å². The molecule has 78 valence electrons. The van der Waals surface area contributed by atoms with Crippen molar-refractivity contribution < 1.29 is 4.79 Å². The monoisotopic (exact) mass is 205 g/mol. The van der Waals surface area contributed by atoms with Gasteiger partial charge in [-0.25, -0.2) is 4.98 Å². The minimum absolute atomic E-state index is 0.399. The molecule has 15 heavy (non-hydrogen) atoms. The fraction of sp³-hybridized carbons (Fsp3) is 0.333. The topological polar surface area (TPSA) is 65.6 Å². The molecule has 0 aliphatic carbocycles. The van der Waals surface area contributed by atoms with Crippen molar-refractivity contribution in [3.05, 3.63) is 29.9 Å². The van der Waals surface area contributed by atoms with Crippen LogP contribution in [0.25, 0.3) is 0 Å². The van der Waals surface area contributed by atoms with E-state index in [1.54, 1.807) is 17.0 Å². The zero-order valence-corrected chi connectivity index (χ0v) is 8.58. The van der Waals surface area contributed by atoms with Crippen molar-refractivity contribution in [2.24, 2.45) is 7.05 Å². The van der Waals surface area contributed by atoms with Crippen LogP contribution in [0, 0.1) is 6.92 Å². The van der Waals surface area contributed by atoms with E-state index in [9.17, 15) is 4.79 Å². The van der Waals surface area contributed by atoms with E-state index in [0.717, 1.165) is 17.9 Å². The van der Waals surface area contributed by atoms with Gasteiger partial charge in [0.05, 0.1) is 6.54 Å². The highest BCUT2D eigenvalue weighted by Gasteiger charge is 2.07. The van der Waals surface area contributed by atoms with Gasteiger partial charge in [-0.05, 0) is 6.92 Å². The number of aromatic nitrogens is 5. The second-order valence-corrected chi connectivity index (χ2v) is 3.25. The summed E-state index contributed by atoms with van der Waals surface area (Å²) < 4.78 is 3.62. The maximum absolute atomic E-state index is 10.6. The van der Waals surface area contributed by atoms with Gasteiger partial charge in [0.1, 0.15) is 5.82 Å². The van der Waals surface area contributed by atoms with Gasteiger partial charge in [0, 0.05) is 19.4 Å². The van der Waals surface area contributed by atoms with Crippen LogP contribution < -0.4 is 0 Å². The standard InChI is InChI=1S/C9H11N5O/c1-7-11-12-8(13(7)2)5-14-4-3-10-9(14)6-15/h3-4,6H,5H2,1-2H3. The van der Waals surface area contributed by atoms with Gasteiger partial charge in [-0.2, -0.15) is 0 Å². The Kier molecular flexibility index (Phi) is 2.32. The Morgan fingerprint density at radius 3 is 2.87 bits per heavy atom. The van der Waals surface area contributed by atoms with Gasteiger partial charge in [-0.1, -0.05) is 0 Å². The molecule has 2 aromatic rings. The van der Waals surface area contributed by atoms with Crippen molar-refractivity contribution in [2.45, 2.75) is 13.5 Å². The molecule has 0 radical (unpaired) electrons. The van der Waals surface area contributed by atoms with Gasteiger partial charge in [0.15, 0.2) is 17.9 Å². The molecule has 2 aromatic heterocycles. The number of imidazole rings is 1. The average molecular weight is 205 g/mol. The normalized spacial score (nSPS) is 10.5. The van der Waals surface area contributed by atoms with Gasteiger partial charge < -0.3 is 9.13 Å². The average Bonchev–Trinajstić information content (AvgIpc) is 2.80. The lowest BCUT2D eigenvalue weighted by Gasteiger charge is -2.03. The fourth-order valence-electron chi connectivity index (χ4n) is 1.31. The summed E-state index contributed by atoms with van der Waals surface area (Å²) in [5.74, 6) is 2.04. The van der Waals surface area contributed by atoms with Gasteiger partial charge in [-0.15, -0.1) is 10.2 Å². The first-order valence-electron chi connectivity index (χ1n) is 4.53. The summed E-state index contributed by atoms with van der Waals surface area (Å²) in [6.07, 6.45) is 4.06. The van der Waals surface area contributed by atoms with Crippen LogP contribution in [0.2, 0.25) is 0 Å². The van der Waals surface area contributed by atoms with Crippen molar-refractivity contribution in [2.75, 3.05) is 0 Å². The van der Waals surface area contributed by atoms with E-state index < -0.39 is 0 Å². The summed E-state index contributed by atoms with van der Waals surface area (Å²) in [5.41, 5.74) is 0. The number of carbonyl (C=O) groups excluding carboxylic acids is 1. The molecular weight excluding hydrogens is 194 g/mol. The summed E-state index contributed by atoms with van der Waals surface area (Å²) in [6, 6.07) is 0. The molecule has 0 fully saturated rings. The minimum atomic E-state index is 0.399. The summed E-state index contributed by atoms with van der Waals surface area (Å²) >= 11 is 0. The molecule has 6 heteroatoms. The van der Waals surface area contributed by atoms with E-state index in [2.05, 4.69) is 15.2 Å². The molecule has 0 atom stereocenters. The van der Waals surface area contributed by atoms with E-state index in [1.807, 2.05) is 18.5 Å². The first kappa shape index (κ1) is 9.57. The van der Waals surface area contributed by atoms with Crippen LogP contribution >= 0.6 is 0 Å². The maximum Gasteiger partial charge on any atom is 0.185 e. The second kappa shape index (κ2) is 3.64. The smallest absolute Gasteiger partial charge is 0.185 e. The minimum Gasteiger partial charge on any atom is -0.321 e. The number of aryl methyl sites for hydroxylation is 1. The number of hydrogen-bond acceptors (Lipinski definition) is 4. The summed E-state index contributed by atoms with van der Waals surface area (Å²) in [5, 5.41) is 7.96. The number of nitrogens with zero attached hydrogens (tertiary/aromatic N) is 5. The molecule has 2 rings (SSSR count). The first-order valence-corrected chi connectivity index (χ1v) is 4.53. The molecule has 0 N–H and O–H groups in total. The van der Waals surface area contributed by atoms with Crippen LogP contribution in [0.4, 0.5) is 0 Å². The van der Waals surface area contributed by atoms with Crippen LogP contribution in [-0.2, 0) is 13.6 Å². The predicted molar refractivity (Wildman–Crippen MR) is 52.5 cm³/mol. The zero-order chi connectivity index (χ0) is 10.8. The fourth-order valence-corrected chi connectivity index (χ4v) is 1.31. The Bertz CT molecular complexity index is 484. The number of aldehydes is 1. The Morgan fingerprint density at radius 1 is 1.47 bits per heavy atom. The summed E-state index contributed by atoms with van der Waals surface area (Å²) in [6.45, 7) is 2.39. The first-order chi connectivity index (χ1) is 7.22. The van der Waals surface area contributed by atoms with Crippen LogP contribution in [0.5, 0.6) is 0 Å². The SMILES string of the molecule is Cc1nnc(Cn2ccnc2C=O)n1C. The molecule has 0 amide bonds. The lowest BCUT2D eigenvalue weighted by atomic mass is 10.5. The van der Waals surface area contributed by atoms with Crippen LogP contribution in [-0.4, -0.2) is 30.6 Å². The third kappa shape index (κ3) is 1.65. The third-order valence-electron chi connectivity index (χ3n) is 2.35. The number of rotatable bonds is 3. The van der Waals surface area contributed by atoms with E-state index >= 15 is 0 Å². The second-order valence-electron chi connectivity index (χ2n) is 3.25. The highest BCUT2D eigenvalue weighted by atomic mass is 16.1. The molecule has 2 heterocycles. The lowest BCUT2D eigenvalue weighted by Crippen LogP contribution is -2.08. The molecule has 6 nitrogen and oxygen atoms in total. The zero-order valence-electron chi connectivity index (χ0n) is 8.58. The highest BCUT2D eigenvalue weighted by molar-refractivity contribution is 5.69. The molecule has 0 unspecified atom stereocenters. The van der Waals surface area contributed by atoms with E-state index in [4.69, 9.17) is 0 Å². The van der Waals surface area contributed by atoms with E-state index in [-0.39, 0.29) is 0 Å². The molecule has 0 bridgehead atoms. The van der Waals surface area contributed by atoms with Gasteiger partial charge >= 0.3 is 0 Å². The number of carbonyl (C=O) groups is 1. The largest absolute Gasteiger partial charge is 0.321 e. The van der Waals surface area contributed by atoms with Crippen LogP contribution in [0.1, 0.15) is 22.3 Å². The van der Waals surface area contributed by atoms with Crippen molar-refractivity contribution in [1.29, 1.82) is 0 Å². The predicted octanol–water partition coefficient (Wildman–Crippen LogP) is 0.181.